The number of hydrogen-bond acceptors (Lipinski definition) is 7. The van der Waals surface area contributed by atoms with Gasteiger partial charge in [0, 0.05) is 57.5 Å². The predicted molar refractivity (Wildman–Crippen MR) is 148 cm³/mol. The van der Waals surface area contributed by atoms with Gasteiger partial charge in [-0.3, -0.25) is 14.3 Å². The number of aromatic nitrogens is 6. The summed E-state index contributed by atoms with van der Waals surface area (Å²) in [7, 11) is 1.62. The van der Waals surface area contributed by atoms with E-state index in [4.69, 9.17) is 14.8 Å². The molecule has 2 N–H and O–H groups in total. The summed E-state index contributed by atoms with van der Waals surface area (Å²) in [4.78, 5) is 35.4. The van der Waals surface area contributed by atoms with Crippen LogP contribution in [0.3, 0.4) is 0 Å². The fourth-order valence-electron chi connectivity index (χ4n) is 6.66. The number of imidazole rings is 1. The van der Waals surface area contributed by atoms with Crippen molar-refractivity contribution in [1.29, 1.82) is 0 Å². The van der Waals surface area contributed by atoms with Gasteiger partial charge in [-0.2, -0.15) is 23.4 Å². The van der Waals surface area contributed by atoms with E-state index in [0.29, 0.717) is 36.7 Å². The molecule has 1 aliphatic carbocycles. The van der Waals surface area contributed by atoms with Crippen molar-refractivity contribution < 1.29 is 36.3 Å². The summed E-state index contributed by atoms with van der Waals surface area (Å²) in [5, 5.41) is 14.1. The van der Waals surface area contributed by atoms with Crippen molar-refractivity contribution in [2.45, 2.75) is 75.4 Å². The number of nitrogens with zero attached hydrogens (tertiary/aromatic N) is 6. The van der Waals surface area contributed by atoms with Crippen molar-refractivity contribution in [3.8, 4) is 0 Å². The van der Waals surface area contributed by atoms with Crippen LogP contribution in [0.4, 0.5) is 22.0 Å². The van der Waals surface area contributed by atoms with E-state index in [1.165, 1.54) is 15.4 Å². The van der Waals surface area contributed by atoms with Crippen LogP contribution in [0, 0.1) is 17.8 Å². The van der Waals surface area contributed by atoms with Gasteiger partial charge in [0.25, 0.3) is 11.7 Å². The smallest absolute Gasteiger partial charge is 0.381 e. The number of aryl methyl sites for hydroxylation is 1. The summed E-state index contributed by atoms with van der Waals surface area (Å²) < 4.78 is 77.3. The molecule has 3 aromatic heterocycles. The van der Waals surface area contributed by atoms with Gasteiger partial charge in [0.05, 0.1) is 41.8 Å². The first-order chi connectivity index (χ1) is 21.4. The maximum atomic E-state index is 14.1. The minimum absolute atomic E-state index is 0.0565. The monoisotopic (exact) mass is 638 g/mol. The number of amides is 2. The Morgan fingerprint density at radius 2 is 2.00 bits per heavy atom. The first-order valence-corrected chi connectivity index (χ1v) is 15.2. The Balaban J connectivity index is 1.35. The van der Waals surface area contributed by atoms with Gasteiger partial charge in [0.1, 0.15) is 5.69 Å². The highest BCUT2D eigenvalue weighted by molar-refractivity contribution is 5.92. The van der Waals surface area contributed by atoms with Crippen molar-refractivity contribution in [2.24, 2.45) is 24.8 Å². The van der Waals surface area contributed by atoms with Gasteiger partial charge in [-0.15, -0.1) is 0 Å². The highest BCUT2D eigenvalue weighted by Gasteiger charge is 2.45. The summed E-state index contributed by atoms with van der Waals surface area (Å²) in [6.07, 6.45) is -0.680. The minimum atomic E-state index is -4.45. The topological polar surface area (TPSA) is 128 Å². The van der Waals surface area contributed by atoms with Crippen LogP contribution in [0.15, 0.2) is 18.5 Å². The molecule has 0 aromatic carbocycles. The zero-order valence-electron chi connectivity index (χ0n) is 24.7. The third-order valence-electron chi connectivity index (χ3n) is 9.24. The number of rotatable bonds is 7. The average Bonchev–Trinajstić information content (AvgIpc) is 3.62. The lowest BCUT2D eigenvalue weighted by Gasteiger charge is -2.33. The van der Waals surface area contributed by atoms with Crippen molar-refractivity contribution in [1.82, 2.24) is 40.0 Å². The lowest BCUT2D eigenvalue weighted by molar-refractivity contribution is -0.183. The van der Waals surface area contributed by atoms with E-state index in [0.717, 1.165) is 6.42 Å². The number of hydrogen-bond donors (Lipinski definition) is 2. The zero-order valence-corrected chi connectivity index (χ0v) is 24.7. The first kappa shape index (κ1) is 31.3. The van der Waals surface area contributed by atoms with Crippen LogP contribution in [-0.4, -0.2) is 73.0 Å². The molecule has 2 aliphatic heterocycles. The molecule has 2 saturated heterocycles. The number of halogens is 5. The van der Waals surface area contributed by atoms with E-state index in [2.05, 4.69) is 20.7 Å². The molecule has 244 valence electrons. The lowest BCUT2D eigenvalue weighted by atomic mass is 9.81. The van der Waals surface area contributed by atoms with Crippen LogP contribution in [0.2, 0.25) is 0 Å². The Bertz CT molecular complexity index is 1540. The SMILES string of the molecule is Cn1nccc1C(=O)N[C@H](c1cn2nc(C[C@H]3C[C@@H](C(F)(F)F)CNC3=O)c([C@@H]3CCCOC3)nc2n1)C1CCC(F)(F)CC1. The fourth-order valence-corrected chi connectivity index (χ4v) is 6.66. The van der Waals surface area contributed by atoms with E-state index in [-0.39, 0.29) is 61.8 Å². The van der Waals surface area contributed by atoms with Gasteiger partial charge >= 0.3 is 6.18 Å². The lowest BCUT2D eigenvalue weighted by Crippen LogP contribution is -2.47. The molecule has 3 fully saturated rings. The molecule has 0 bridgehead atoms. The van der Waals surface area contributed by atoms with Crippen LogP contribution in [0.25, 0.3) is 5.78 Å². The quantitative estimate of drug-likeness (QED) is 0.376. The van der Waals surface area contributed by atoms with Crippen molar-refractivity contribution in [3.63, 3.8) is 0 Å². The molecule has 11 nitrogen and oxygen atoms in total. The Hall–Kier alpha value is -3.69. The van der Waals surface area contributed by atoms with Crippen molar-refractivity contribution in [3.05, 3.63) is 41.2 Å². The van der Waals surface area contributed by atoms with Gasteiger partial charge in [0.2, 0.25) is 11.8 Å². The Labute approximate surface area is 255 Å². The number of ether oxygens (including phenoxy) is 1. The highest BCUT2D eigenvalue weighted by Crippen LogP contribution is 2.42. The molecule has 6 rings (SSSR count). The standard InChI is InChI=1S/C29H35F5N8O3/c1-41-22(6-9-36-41)26(44)38-23(16-4-7-28(30,31)8-5-16)21-14-42-27(37-21)39-24(17-3-2-10-45-15-17)20(40-42)12-18-11-19(29(32,33)34)13-35-25(18)43/h6,9,14,16-19,23H,2-5,7-8,10-13,15H2,1H3,(H,35,43)(H,38,44)/t17-,18-,19-,23+/m1/s1. The molecule has 2 amide bonds. The Kier molecular flexibility index (Phi) is 8.52. The second-order valence-corrected chi connectivity index (χ2v) is 12.4. The summed E-state index contributed by atoms with van der Waals surface area (Å²) in [6.45, 7) is 0.454. The molecule has 3 aromatic rings. The fraction of sp³-hybridized carbons (Fsp3) is 0.655. The number of piperidine rings is 1. The number of carbonyl (C=O) groups is 2. The minimum Gasteiger partial charge on any atom is -0.381 e. The number of nitrogens with one attached hydrogen (secondary N) is 2. The summed E-state index contributed by atoms with van der Waals surface area (Å²) in [5.41, 5.74) is 1.54. The highest BCUT2D eigenvalue weighted by atomic mass is 19.4. The molecular formula is C29H35F5N8O3. The maximum absolute atomic E-state index is 14.1. The summed E-state index contributed by atoms with van der Waals surface area (Å²) >= 11 is 0. The van der Waals surface area contributed by atoms with Gasteiger partial charge < -0.3 is 15.4 Å². The molecule has 0 radical (unpaired) electrons. The number of fused-ring (bicyclic) bond motifs is 1. The third-order valence-corrected chi connectivity index (χ3v) is 9.24. The molecule has 0 spiro atoms. The molecule has 16 heteroatoms. The van der Waals surface area contributed by atoms with Gasteiger partial charge in [0.15, 0.2) is 0 Å². The predicted octanol–water partition coefficient (Wildman–Crippen LogP) is 3.91. The van der Waals surface area contributed by atoms with Crippen molar-refractivity contribution in [2.75, 3.05) is 19.8 Å². The molecule has 0 unspecified atom stereocenters. The Morgan fingerprint density at radius 3 is 2.67 bits per heavy atom. The molecule has 45 heavy (non-hydrogen) atoms. The molecule has 3 aliphatic rings. The normalized spacial score (nSPS) is 25.2. The number of alkyl halides is 5. The first-order valence-electron chi connectivity index (χ1n) is 15.2. The molecular weight excluding hydrogens is 603 g/mol. The van der Waals surface area contributed by atoms with E-state index in [9.17, 15) is 31.5 Å². The van der Waals surface area contributed by atoms with Gasteiger partial charge in [-0.1, -0.05) is 0 Å². The van der Waals surface area contributed by atoms with Gasteiger partial charge in [-0.25, -0.2) is 23.3 Å². The Morgan fingerprint density at radius 1 is 1.22 bits per heavy atom. The summed E-state index contributed by atoms with van der Waals surface area (Å²) in [5.74, 6) is -6.67. The van der Waals surface area contributed by atoms with Crippen LogP contribution in [0.1, 0.15) is 84.5 Å². The second-order valence-electron chi connectivity index (χ2n) is 12.4. The number of carbonyl (C=O) groups excluding carboxylic acids is 2. The van der Waals surface area contributed by atoms with Crippen molar-refractivity contribution >= 4 is 17.6 Å². The molecule has 1 saturated carbocycles. The van der Waals surface area contributed by atoms with Crippen LogP contribution in [0.5, 0.6) is 0 Å². The maximum Gasteiger partial charge on any atom is 0.393 e. The van der Waals surface area contributed by atoms with Crippen LogP contribution in [-0.2, 0) is 23.0 Å². The molecule has 5 heterocycles. The van der Waals surface area contributed by atoms with E-state index in [1.54, 1.807) is 19.3 Å². The average molecular weight is 639 g/mol. The van der Waals surface area contributed by atoms with Crippen LogP contribution < -0.4 is 10.6 Å². The zero-order chi connectivity index (χ0) is 31.9. The third kappa shape index (κ3) is 6.79. The van der Waals surface area contributed by atoms with E-state index < -0.39 is 48.3 Å². The molecule has 4 atom stereocenters. The largest absolute Gasteiger partial charge is 0.393 e. The summed E-state index contributed by atoms with van der Waals surface area (Å²) in [6, 6.07) is 0.803. The van der Waals surface area contributed by atoms with E-state index >= 15 is 0 Å². The second kappa shape index (κ2) is 12.2. The van der Waals surface area contributed by atoms with E-state index in [1.807, 2.05) is 0 Å². The van der Waals surface area contributed by atoms with Gasteiger partial charge in [-0.05, 0) is 44.1 Å². The van der Waals surface area contributed by atoms with Crippen LogP contribution >= 0.6 is 0 Å².